The van der Waals surface area contributed by atoms with Crippen molar-refractivity contribution in [3.63, 3.8) is 0 Å². The summed E-state index contributed by atoms with van der Waals surface area (Å²) in [7, 11) is 0. The van der Waals surface area contributed by atoms with E-state index in [2.05, 4.69) is 17.4 Å². The van der Waals surface area contributed by atoms with Crippen molar-refractivity contribution in [1.29, 1.82) is 0 Å². The normalized spacial score (nSPS) is 10.4. The molecule has 0 saturated carbocycles. The highest BCUT2D eigenvalue weighted by atomic mass is 16.5. The van der Waals surface area contributed by atoms with Gasteiger partial charge in [-0.15, -0.1) is 0 Å². The van der Waals surface area contributed by atoms with E-state index in [0.717, 1.165) is 18.4 Å². The van der Waals surface area contributed by atoms with Gasteiger partial charge in [0.1, 0.15) is 12.4 Å². The Hall–Kier alpha value is -3.60. The molecule has 0 heterocycles. The molecule has 32 heavy (non-hydrogen) atoms. The van der Waals surface area contributed by atoms with Gasteiger partial charge in [0.15, 0.2) is 0 Å². The third-order valence-corrected chi connectivity index (χ3v) is 4.90. The lowest BCUT2D eigenvalue weighted by molar-refractivity contribution is -0.143. The second kappa shape index (κ2) is 13.0. The van der Waals surface area contributed by atoms with Gasteiger partial charge < -0.3 is 14.8 Å². The van der Waals surface area contributed by atoms with E-state index in [1.807, 2.05) is 66.7 Å². The van der Waals surface area contributed by atoms with E-state index in [1.165, 1.54) is 5.56 Å². The number of hydrogen-bond acceptors (Lipinski definition) is 4. The maximum Gasteiger partial charge on any atom is 0.305 e. The van der Waals surface area contributed by atoms with Crippen LogP contribution < -0.4 is 10.1 Å². The maximum atomic E-state index is 12.3. The highest BCUT2D eigenvalue weighted by molar-refractivity contribution is 5.92. The third-order valence-electron chi connectivity index (χ3n) is 4.90. The fourth-order valence-electron chi connectivity index (χ4n) is 3.22. The number of ether oxygens (including phenoxy) is 2. The average molecular weight is 432 g/mol. The zero-order valence-electron chi connectivity index (χ0n) is 18.2. The molecule has 0 atom stereocenters. The predicted octanol–water partition coefficient (Wildman–Crippen LogP) is 5.55. The van der Waals surface area contributed by atoms with Gasteiger partial charge in [-0.1, -0.05) is 72.8 Å². The van der Waals surface area contributed by atoms with Gasteiger partial charge >= 0.3 is 5.97 Å². The molecule has 0 fully saturated rings. The van der Waals surface area contributed by atoms with E-state index >= 15 is 0 Å². The lowest BCUT2D eigenvalue weighted by atomic mass is 10.1. The van der Waals surface area contributed by atoms with E-state index < -0.39 is 0 Å². The van der Waals surface area contributed by atoms with E-state index in [1.54, 1.807) is 6.07 Å². The second-order valence-corrected chi connectivity index (χ2v) is 7.48. The van der Waals surface area contributed by atoms with Crippen molar-refractivity contribution < 1.29 is 19.1 Å². The van der Waals surface area contributed by atoms with Crippen molar-refractivity contribution in [3.8, 4) is 5.75 Å². The van der Waals surface area contributed by atoms with Crippen molar-refractivity contribution in [3.05, 3.63) is 96.1 Å². The summed E-state index contributed by atoms with van der Waals surface area (Å²) in [5, 5.41) is 2.87. The molecule has 0 radical (unpaired) electrons. The number of carbonyl (C=O) groups excluding carboxylic acids is 2. The summed E-state index contributed by atoms with van der Waals surface area (Å²) in [6.45, 7) is 0.815. The number of carbonyl (C=O) groups is 2. The van der Waals surface area contributed by atoms with Crippen LogP contribution in [0.2, 0.25) is 0 Å². The van der Waals surface area contributed by atoms with E-state index in [-0.39, 0.29) is 24.7 Å². The number of rotatable bonds is 12. The van der Waals surface area contributed by atoms with Crippen LogP contribution in [0.5, 0.6) is 5.75 Å². The van der Waals surface area contributed by atoms with Crippen LogP contribution in [-0.4, -0.2) is 18.5 Å². The van der Waals surface area contributed by atoms with Gasteiger partial charge in [-0.2, -0.15) is 0 Å². The number of hydrogen-bond donors (Lipinski definition) is 1. The molecule has 3 aromatic rings. The molecule has 3 rings (SSSR count). The molecule has 0 aliphatic rings. The summed E-state index contributed by atoms with van der Waals surface area (Å²) < 4.78 is 11.1. The summed E-state index contributed by atoms with van der Waals surface area (Å²) in [6.07, 6.45) is 2.58. The molecule has 1 amide bonds. The van der Waals surface area contributed by atoms with Gasteiger partial charge in [0.05, 0.1) is 12.3 Å². The Bertz CT molecular complexity index is 973. The van der Waals surface area contributed by atoms with Crippen LogP contribution in [-0.2, 0) is 27.4 Å². The van der Waals surface area contributed by atoms with E-state index in [4.69, 9.17) is 9.47 Å². The minimum Gasteiger partial charge on any atom is -0.487 e. The van der Waals surface area contributed by atoms with Crippen molar-refractivity contribution in [2.75, 3.05) is 11.9 Å². The molecule has 0 unspecified atom stereocenters. The van der Waals surface area contributed by atoms with Crippen LogP contribution >= 0.6 is 0 Å². The summed E-state index contributed by atoms with van der Waals surface area (Å²) in [6, 6.07) is 27.3. The number of para-hydroxylation sites is 2. The quantitative estimate of drug-likeness (QED) is 0.302. The summed E-state index contributed by atoms with van der Waals surface area (Å²) in [4.78, 5) is 24.2. The van der Waals surface area contributed by atoms with Crippen LogP contribution in [0.4, 0.5) is 5.69 Å². The first-order chi connectivity index (χ1) is 15.7. The van der Waals surface area contributed by atoms with Gasteiger partial charge in [0.2, 0.25) is 5.91 Å². The largest absolute Gasteiger partial charge is 0.487 e. The van der Waals surface area contributed by atoms with Crippen molar-refractivity contribution in [2.45, 2.75) is 38.7 Å². The number of aryl methyl sites for hydroxylation is 1. The minimum atomic E-state index is -0.266. The first kappa shape index (κ1) is 23.1. The lowest BCUT2D eigenvalue weighted by Crippen LogP contribution is -2.13. The molecule has 0 saturated heterocycles. The van der Waals surface area contributed by atoms with E-state index in [9.17, 15) is 9.59 Å². The highest BCUT2D eigenvalue weighted by Crippen LogP contribution is 2.25. The molecule has 0 aliphatic heterocycles. The smallest absolute Gasteiger partial charge is 0.305 e. The number of esters is 1. The van der Waals surface area contributed by atoms with Crippen LogP contribution in [0.15, 0.2) is 84.9 Å². The molecular weight excluding hydrogens is 402 g/mol. The zero-order valence-corrected chi connectivity index (χ0v) is 18.2. The van der Waals surface area contributed by atoms with Gasteiger partial charge in [0, 0.05) is 12.8 Å². The lowest BCUT2D eigenvalue weighted by Gasteiger charge is -2.12. The molecule has 0 aromatic heterocycles. The number of benzene rings is 3. The van der Waals surface area contributed by atoms with Crippen LogP contribution in [0.3, 0.4) is 0 Å². The van der Waals surface area contributed by atoms with Crippen molar-refractivity contribution in [2.24, 2.45) is 0 Å². The Kier molecular flexibility index (Phi) is 9.34. The minimum absolute atomic E-state index is 0.155. The Morgan fingerprint density at radius 1 is 0.719 bits per heavy atom. The Morgan fingerprint density at radius 3 is 2.12 bits per heavy atom. The van der Waals surface area contributed by atoms with Crippen molar-refractivity contribution in [1.82, 2.24) is 0 Å². The summed E-state index contributed by atoms with van der Waals surface area (Å²) >= 11 is 0. The molecule has 0 spiro atoms. The van der Waals surface area contributed by atoms with Crippen molar-refractivity contribution >= 4 is 17.6 Å². The monoisotopic (exact) mass is 431 g/mol. The molecular formula is C27H29NO4. The number of nitrogens with one attached hydrogen (secondary N) is 1. The second-order valence-electron chi connectivity index (χ2n) is 7.48. The first-order valence-electron chi connectivity index (χ1n) is 11.0. The molecule has 3 aromatic carbocycles. The zero-order chi connectivity index (χ0) is 22.4. The molecule has 166 valence electrons. The van der Waals surface area contributed by atoms with Gasteiger partial charge in [-0.05, 0) is 42.5 Å². The average Bonchev–Trinajstić information content (AvgIpc) is 2.83. The molecule has 0 aliphatic carbocycles. The van der Waals surface area contributed by atoms with Gasteiger partial charge in [-0.3, -0.25) is 9.59 Å². The Morgan fingerprint density at radius 2 is 1.38 bits per heavy atom. The predicted molar refractivity (Wildman–Crippen MR) is 125 cm³/mol. The van der Waals surface area contributed by atoms with Gasteiger partial charge in [0.25, 0.3) is 0 Å². The molecule has 1 N–H and O–H groups in total. The standard InChI is InChI=1S/C27H29NO4/c29-26(18-9-19-27(30)31-20-10-15-22-11-3-1-4-12-22)28-24-16-7-8-17-25(24)32-21-23-13-5-2-6-14-23/h1-8,11-14,16-17H,9-10,15,18-21H2,(H,28,29). The maximum absolute atomic E-state index is 12.3. The molecule has 5 nitrogen and oxygen atoms in total. The number of anilines is 1. The molecule has 0 bridgehead atoms. The Labute approximate surface area is 189 Å². The first-order valence-corrected chi connectivity index (χ1v) is 11.0. The SMILES string of the molecule is O=C(CCCC(=O)OCCCc1ccccc1)Nc1ccccc1OCc1ccccc1. The fourth-order valence-corrected chi connectivity index (χ4v) is 3.22. The topological polar surface area (TPSA) is 64.6 Å². The van der Waals surface area contributed by atoms with Gasteiger partial charge in [-0.25, -0.2) is 0 Å². The van der Waals surface area contributed by atoms with Crippen LogP contribution in [0.1, 0.15) is 36.8 Å². The third kappa shape index (κ3) is 8.26. The fraction of sp³-hybridized carbons (Fsp3) is 0.259. The summed E-state index contributed by atoms with van der Waals surface area (Å²) in [5.41, 5.74) is 2.90. The van der Waals surface area contributed by atoms with Crippen LogP contribution in [0, 0.1) is 0 Å². The Balaban J connectivity index is 1.33. The number of amides is 1. The van der Waals surface area contributed by atoms with Crippen LogP contribution in [0.25, 0.3) is 0 Å². The highest BCUT2D eigenvalue weighted by Gasteiger charge is 2.10. The summed E-state index contributed by atoms with van der Waals surface area (Å²) in [5.74, 6) is 0.192. The molecule has 5 heteroatoms. The van der Waals surface area contributed by atoms with E-state index in [0.29, 0.717) is 31.1 Å².